The monoisotopic (exact) mass is 645 g/mol. The predicted octanol–water partition coefficient (Wildman–Crippen LogP) is 12.3. The van der Waals surface area contributed by atoms with Gasteiger partial charge >= 0.3 is 0 Å². The van der Waals surface area contributed by atoms with Crippen LogP contribution < -0.4 is 0 Å². The Morgan fingerprint density at radius 3 is 1.63 bits per heavy atom. The van der Waals surface area contributed by atoms with Crippen LogP contribution in [0.5, 0.6) is 0 Å². The van der Waals surface area contributed by atoms with E-state index in [9.17, 15) is 0 Å². The number of fused-ring (bicyclic) bond motifs is 3. The van der Waals surface area contributed by atoms with E-state index >= 15 is 0 Å². The first-order valence-corrected chi connectivity index (χ1v) is 16.7. The van der Waals surface area contributed by atoms with Crippen LogP contribution in [0.15, 0.2) is 170 Å². The number of halogens is 1. The fraction of sp³-hybridized carbons (Fsp3) is 0. The lowest BCUT2D eigenvalue weighted by molar-refractivity contribution is 1.07. The molecule has 4 heteroatoms. The van der Waals surface area contributed by atoms with Crippen LogP contribution in [0.3, 0.4) is 0 Å². The van der Waals surface area contributed by atoms with Gasteiger partial charge in [-0.25, -0.2) is 4.98 Å². The molecule has 0 spiro atoms. The molecule has 0 saturated heterocycles. The van der Waals surface area contributed by atoms with Gasteiger partial charge in [0.15, 0.2) is 11.6 Å². The van der Waals surface area contributed by atoms with Gasteiger partial charge in [-0.2, -0.15) is 9.97 Å². The summed E-state index contributed by atoms with van der Waals surface area (Å²) in [6.07, 6.45) is 0. The van der Waals surface area contributed by atoms with Gasteiger partial charge in [-0.15, -0.1) is 0 Å². The summed E-state index contributed by atoms with van der Waals surface area (Å²) >= 11 is 6.59. The molecular weight excluding hydrogens is 618 g/mol. The molecule has 3 nitrogen and oxygen atoms in total. The quantitative estimate of drug-likeness (QED) is 0.187. The Hall–Kier alpha value is -6.16. The number of hydrogen-bond acceptors (Lipinski definition) is 3. The fourth-order valence-electron chi connectivity index (χ4n) is 6.76. The van der Waals surface area contributed by atoms with E-state index in [2.05, 4.69) is 168 Å². The van der Waals surface area contributed by atoms with Gasteiger partial charge in [-0.05, 0) is 95.5 Å². The first-order valence-electron chi connectivity index (χ1n) is 16.3. The van der Waals surface area contributed by atoms with Crippen molar-refractivity contribution in [3.8, 4) is 56.2 Å². The molecule has 8 aromatic carbocycles. The Morgan fingerprint density at radius 2 is 0.837 bits per heavy atom. The van der Waals surface area contributed by atoms with Gasteiger partial charge in [0.1, 0.15) is 0 Å². The number of aromatic nitrogens is 3. The molecule has 9 aromatic rings. The summed E-state index contributed by atoms with van der Waals surface area (Å²) in [4.78, 5) is 14.1. The summed E-state index contributed by atoms with van der Waals surface area (Å²) in [6, 6.07) is 59.7. The van der Waals surface area contributed by atoms with Gasteiger partial charge in [0.05, 0.1) is 0 Å². The molecule has 0 N–H and O–H groups in total. The Kier molecular flexibility index (Phi) is 7.18. The van der Waals surface area contributed by atoms with Crippen molar-refractivity contribution in [2.24, 2.45) is 0 Å². The number of benzene rings is 8. The van der Waals surface area contributed by atoms with Crippen molar-refractivity contribution in [1.29, 1.82) is 0 Å². The summed E-state index contributed by atoms with van der Waals surface area (Å²) < 4.78 is 0. The fourth-order valence-corrected chi connectivity index (χ4v) is 6.92. The molecule has 9 rings (SSSR count). The van der Waals surface area contributed by atoms with Crippen molar-refractivity contribution in [2.75, 3.05) is 0 Å². The molecule has 0 radical (unpaired) electrons. The highest BCUT2D eigenvalue weighted by Crippen LogP contribution is 2.35. The van der Waals surface area contributed by atoms with Gasteiger partial charge in [0.2, 0.25) is 5.28 Å². The van der Waals surface area contributed by atoms with E-state index in [4.69, 9.17) is 16.6 Å². The lowest BCUT2D eigenvalue weighted by Crippen LogP contribution is -1.98. The number of hydrogen-bond donors (Lipinski definition) is 0. The van der Waals surface area contributed by atoms with E-state index in [1.807, 2.05) is 12.1 Å². The Balaban J connectivity index is 1.07. The van der Waals surface area contributed by atoms with Gasteiger partial charge < -0.3 is 0 Å². The normalized spacial score (nSPS) is 11.4. The average Bonchev–Trinajstić information content (AvgIpc) is 3.17. The third kappa shape index (κ3) is 5.50. The zero-order valence-corrected chi connectivity index (χ0v) is 27.1. The summed E-state index contributed by atoms with van der Waals surface area (Å²) in [5, 5.41) is 7.05. The second-order valence-corrected chi connectivity index (χ2v) is 12.6. The third-order valence-electron chi connectivity index (χ3n) is 9.26. The topological polar surface area (TPSA) is 38.7 Å². The van der Waals surface area contributed by atoms with Crippen LogP contribution >= 0.6 is 11.6 Å². The summed E-state index contributed by atoms with van der Waals surface area (Å²) in [7, 11) is 0. The highest BCUT2D eigenvalue weighted by Gasteiger charge is 2.14. The molecule has 0 aliphatic carbocycles. The van der Waals surface area contributed by atoms with Crippen LogP contribution in [0.25, 0.3) is 88.5 Å². The molecule has 49 heavy (non-hydrogen) atoms. The summed E-state index contributed by atoms with van der Waals surface area (Å²) in [5.74, 6) is 1.09. The number of rotatable bonds is 5. The lowest BCUT2D eigenvalue weighted by atomic mass is 9.95. The highest BCUT2D eigenvalue weighted by molar-refractivity contribution is 6.28. The van der Waals surface area contributed by atoms with Crippen LogP contribution in [0.1, 0.15) is 0 Å². The van der Waals surface area contributed by atoms with E-state index in [0.717, 1.165) is 43.8 Å². The molecule has 0 amide bonds. The van der Waals surface area contributed by atoms with Gasteiger partial charge in [0.25, 0.3) is 0 Å². The Bertz CT molecular complexity index is 2660. The van der Waals surface area contributed by atoms with Crippen molar-refractivity contribution in [3.05, 3.63) is 175 Å². The molecule has 0 fully saturated rings. The maximum Gasteiger partial charge on any atom is 0.226 e. The first-order chi connectivity index (χ1) is 24.2. The smallest absolute Gasteiger partial charge is 0.208 e. The molecule has 0 bridgehead atoms. The van der Waals surface area contributed by atoms with Gasteiger partial charge in [-0.3, -0.25) is 0 Å². The van der Waals surface area contributed by atoms with Crippen molar-refractivity contribution in [2.45, 2.75) is 0 Å². The maximum atomic E-state index is 6.59. The molecular formula is C45H28ClN3. The molecule has 230 valence electrons. The van der Waals surface area contributed by atoms with E-state index < -0.39 is 0 Å². The molecule has 1 heterocycles. The number of nitrogens with zero attached hydrogens (tertiary/aromatic N) is 3. The Morgan fingerprint density at radius 1 is 0.306 bits per heavy atom. The van der Waals surface area contributed by atoms with Crippen LogP contribution in [0.2, 0.25) is 5.28 Å². The zero-order chi connectivity index (χ0) is 32.7. The molecule has 0 saturated carbocycles. The summed E-state index contributed by atoms with van der Waals surface area (Å²) in [5.41, 5.74) is 8.86. The SMILES string of the molecule is Clc1nc(-c2ccc3cc(-c4cccc5ccccc45)ccc3c2)nc(-c2cccc3ccc(-c4ccc(-c5ccccc5)cc4)cc23)n1. The van der Waals surface area contributed by atoms with Crippen molar-refractivity contribution >= 4 is 43.9 Å². The Labute approximate surface area is 289 Å². The van der Waals surface area contributed by atoms with Crippen LogP contribution in [0, 0.1) is 0 Å². The molecule has 1 aromatic heterocycles. The van der Waals surface area contributed by atoms with Crippen molar-refractivity contribution in [1.82, 2.24) is 15.0 Å². The van der Waals surface area contributed by atoms with E-state index in [0.29, 0.717) is 11.6 Å². The molecule has 0 atom stereocenters. The minimum Gasteiger partial charge on any atom is -0.208 e. The van der Waals surface area contributed by atoms with E-state index in [1.165, 1.54) is 33.0 Å². The molecule has 0 aliphatic heterocycles. The third-order valence-corrected chi connectivity index (χ3v) is 9.42. The van der Waals surface area contributed by atoms with Crippen molar-refractivity contribution < 1.29 is 0 Å². The molecule has 0 unspecified atom stereocenters. The highest BCUT2D eigenvalue weighted by atomic mass is 35.5. The second-order valence-electron chi connectivity index (χ2n) is 12.2. The zero-order valence-electron chi connectivity index (χ0n) is 26.4. The average molecular weight is 646 g/mol. The molecule has 0 aliphatic rings. The first kappa shape index (κ1) is 29.0. The van der Waals surface area contributed by atoms with Crippen molar-refractivity contribution in [3.63, 3.8) is 0 Å². The lowest BCUT2D eigenvalue weighted by Gasteiger charge is -2.11. The summed E-state index contributed by atoms with van der Waals surface area (Å²) in [6.45, 7) is 0. The van der Waals surface area contributed by atoms with Crippen LogP contribution in [-0.2, 0) is 0 Å². The maximum absolute atomic E-state index is 6.59. The van der Waals surface area contributed by atoms with Gasteiger partial charge in [-0.1, -0.05) is 152 Å². The van der Waals surface area contributed by atoms with Crippen LogP contribution in [-0.4, -0.2) is 15.0 Å². The van der Waals surface area contributed by atoms with E-state index in [-0.39, 0.29) is 5.28 Å². The van der Waals surface area contributed by atoms with Gasteiger partial charge in [0, 0.05) is 11.1 Å². The minimum absolute atomic E-state index is 0.163. The van der Waals surface area contributed by atoms with E-state index in [1.54, 1.807) is 0 Å². The minimum atomic E-state index is 0.163. The standard InChI is InChI=1S/C45H28ClN3/c46-45-48-43(38-25-23-34-26-37(24-22-35(34)27-38)40-14-6-11-32-10-4-5-13-39(32)40)47-44(49-45)41-15-7-12-33-20-21-36(28-42(33)41)31-18-16-30(17-19-31)29-8-2-1-3-9-29/h1-28H. The predicted molar refractivity (Wildman–Crippen MR) is 205 cm³/mol. The van der Waals surface area contributed by atoms with Crippen LogP contribution in [0.4, 0.5) is 0 Å². The largest absolute Gasteiger partial charge is 0.226 e. The second kappa shape index (κ2) is 12.1.